The lowest BCUT2D eigenvalue weighted by atomic mass is 10.1. The molecule has 1 aromatic rings. The lowest BCUT2D eigenvalue weighted by Crippen LogP contribution is -2.46. The lowest BCUT2D eigenvalue weighted by Gasteiger charge is -2.23. The number of carbonyl (C=O) groups excluding carboxylic acids is 2. The number of amides is 3. The van der Waals surface area contributed by atoms with Gasteiger partial charge in [-0.15, -0.1) is 0 Å². The first kappa shape index (κ1) is 17.0. The van der Waals surface area contributed by atoms with Crippen LogP contribution in [-0.2, 0) is 4.79 Å². The van der Waals surface area contributed by atoms with Crippen LogP contribution < -0.4 is 10.6 Å². The number of nitrogens with one attached hydrogen (secondary N) is 2. The van der Waals surface area contributed by atoms with Gasteiger partial charge in [0.15, 0.2) is 0 Å². The number of urea groups is 1. The van der Waals surface area contributed by atoms with Crippen molar-refractivity contribution in [2.45, 2.75) is 25.9 Å². The van der Waals surface area contributed by atoms with E-state index < -0.39 is 17.9 Å². The Balaban J connectivity index is 2.08. The minimum atomic E-state index is -0.617. The van der Waals surface area contributed by atoms with Gasteiger partial charge in [-0.1, -0.05) is 23.2 Å². The summed E-state index contributed by atoms with van der Waals surface area (Å²) in [6, 6.07) is 1.16. The molecule has 8 heteroatoms. The van der Waals surface area contributed by atoms with Crippen LogP contribution in [0.1, 0.15) is 25.5 Å². The number of imide groups is 1. The van der Waals surface area contributed by atoms with Crippen molar-refractivity contribution in [2.24, 2.45) is 0 Å². The maximum atomic E-state index is 13.6. The largest absolute Gasteiger partial charge is 0.336 e. The lowest BCUT2D eigenvalue weighted by molar-refractivity contribution is -0.129. The molecule has 5 nitrogen and oxygen atoms in total. The molecule has 1 aliphatic rings. The standard InChI is InChI=1S/C14H16Cl2FN3O2/c1-7(9-5-12(17)11(16)6-10(9)15)19-8(2)13(21)20-4-3-18-14(20)22/h5-8,19H,3-4H2,1-2H3,(H,18,22)/t7-,8+/m1/s1. The molecular weight excluding hydrogens is 332 g/mol. The monoisotopic (exact) mass is 347 g/mol. The average molecular weight is 348 g/mol. The Morgan fingerprint density at radius 2 is 2.05 bits per heavy atom. The number of halogens is 3. The predicted octanol–water partition coefficient (Wildman–Crippen LogP) is 2.72. The van der Waals surface area contributed by atoms with Gasteiger partial charge >= 0.3 is 6.03 Å². The Morgan fingerprint density at radius 3 is 2.64 bits per heavy atom. The summed E-state index contributed by atoms with van der Waals surface area (Å²) in [5.74, 6) is -0.917. The van der Waals surface area contributed by atoms with Crippen molar-refractivity contribution in [3.05, 3.63) is 33.6 Å². The van der Waals surface area contributed by atoms with E-state index in [4.69, 9.17) is 23.2 Å². The second kappa shape index (κ2) is 6.81. The van der Waals surface area contributed by atoms with E-state index in [0.29, 0.717) is 23.7 Å². The summed E-state index contributed by atoms with van der Waals surface area (Å²) in [6.45, 7) is 4.18. The highest BCUT2D eigenvalue weighted by atomic mass is 35.5. The first-order chi connectivity index (χ1) is 10.3. The second-order valence-electron chi connectivity index (χ2n) is 5.12. The molecule has 120 valence electrons. The fourth-order valence-electron chi connectivity index (χ4n) is 2.32. The third-order valence-electron chi connectivity index (χ3n) is 3.50. The van der Waals surface area contributed by atoms with Crippen LogP contribution in [-0.4, -0.2) is 36.0 Å². The average Bonchev–Trinajstić information content (AvgIpc) is 2.87. The zero-order valence-electron chi connectivity index (χ0n) is 12.1. The molecule has 0 radical (unpaired) electrons. The number of carbonyl (C=O) groups is 2. The summed E-state index contributed by atoms with van der Waals surface area (Å²) in [7, 11) is 0. The van der Waals surface area contributed by atoms with E-state index in [9.17, 15) is 14.0 Å². The summed E-state index contributed by atoms with van der Waals surface area (Å²) in [6.07, 6.45) is 0. The third-order valence-corrected chi connectivity index (χ3v) is 4.12. The minimum absolute atomic E-state index is 0.0567. The van der Waals surface area contributed by atoms with Gasteiger partial charge in [-0.3, -0.25) is 15.0 Å². The molecule has 1 heterocycles. The molecule has 1 fully saturated rings. The molecular formula is C14H16Cl2FN3O2. The Kier molecular flexibility index (Phi) is 5.26. The summed E-state index contributed by atoms with van der Waals surface area (Å²) >= 11 is 11.7. The molecule has 0 aliphatic carbocycles. The Bertz CT molecular complexity index is 612. The highest BCUT2D eigenvalue weighted by Gasteiger charge is 2.30. The van der Waals surface area contributed by atoms with Gasteiger partial charge in [-0.25, -0.2) is 9.18 Å². The minimum Gasteiger partial charge on any atom is -0.336 e. The van der Waals surface area contributed by atoms with Crippen LogP contribution in [0.25, 0.3) is 0 Å². The molecule has 1 aromatic carbocycles. The van der Waals surface area contributed by atoms with Crippen LogP contribution in [0, 0.1) is 5.82 Å². The quantitative estimate of drug-likeness (QED) is 0.823. The number of benzene rings is 1. The number of hydrogen-bond acceptors (Lipinski definition) is 3. The number of rotatable bonds is 4. The summed E-state index contributed by atoms with van der Waals surface area (Å²) < 4.78 is 13.6. The zero-order chi connectivity index (χ0) is 16.4. The molecule has 1 aliphatic heterocycles. The summed E-state index contributed by atoms with van der Waals surface area (Å²) in [4.78, 5) is 24.8. The molecule has 3 amide bonds. The topological polar surface area (TPSA) is 61.4 Å². The van der Waals surface area contributed by atoms with E-state index in [1.807, 2.05) is 0 Å². The molecule has 2 atom stereocenters. The Morgan fingerprint density at radius 1 is 1.36 bits per heavy atom. The van der Waals surface area contributed by atoms with Crippen LogP contribution in [0.15, 0.2) is 12.1 Å². The molecule has 1 saturated heterocycles. The summed E-state index contributed by atoms with van der Waals surface area (Å²) in [5, 5.41) is 5.84. The number of hydrogen-bond donors (Lipinski definition) is 2. The van der Waals surface area contributed by atoms with Gasteiger partial charge < -0.3 is 5.32 Å². The Hall–Kier alpha value is -1.37. The highest BCUT2D eigenvalue weighted by molar-refractivity contribution is 6.35. The van der Waals surface area contributed by atoms with E-state index in [0.717, 1.165) is 4.90 Å². The fraction of sp³-hybridized carbons (Fsp3) is 0.429. The normalized spacial score (nSPS) is 17.3. The molecule has 2 N–H and O–H groups in total. The SMILES string of the molecule is C[C@H](N[C@H](C)c1cc(F)c(Cl)cc1Cl)C(=O)N1CCNC1=O. The van der Waals surface area contributed by atoms with E-state index in [1.54, 1.807) is 13.8 Å². The van der Waals surface area contributed by atoms with Crippen LogP contribution in [0.2, 0.25) is 10.0 Å². The van der Waals surface area contributed by atoms with Crippen molar-refractivity contribution < 1.29 is 14.0 Å². The molecule has 2 rings (SSSR count). The first-order valence-electron chi connectivity index (χ1n) is 6.81. The van der Waals surface area contributed by atoms with Crippen molar-refractivity contribution in [2.75, 3.05) is 13.1 Å². The predicted molar refractivity (Wildman–Crippen MR) is 82.5 cm³/mol. The van der Waals surface area contributed by atoms with Crippen LogP contribution in [0.3, 0.4) is 0 Å². The van der Waals surface area contributed by atoms with Crippen molar-refractivity contribution in [1.82, 2.24) is 15.5 Å². The van der Waals surface area contributed by atoms with Crippen LogP contribution >= 0.6 is 23.2 Å². The molecule has 0 spiro atoms. The smallest absolute Gasteiger partial charge is 0.324 e. The van der Waals surface area contributed by atoms with Gasteiger partial charge in [0.2, 0.25) is 5.91 Å². The van der Waals surface area contributed by atoms with E-state index >= 15 is 0 Å². The maximum Gasteiger partial charge on any atom is 0.324 e. The molecule has 0 unspecified atom stereocenters. The van der Waals surface area contributed by atoms with Gasteiger partial charge in [0, 0.05) is 24.2 Å². The maximum absolute atomic E-state index is 13.6. The van der Waals surface area contributed by atoms with Gasteiger partial charge in [0.1, 0.15) is 5.82 Å². The fourth-order valence-corrected chi connectivity index (χ4v) is 2.87. The Labute approximate surface area is 137 Å². The molecule has 0 saturated carbocycles. The third kappa shape index (κ3) is 3.51. The molecule has 0 bridgehead atoms. The van der Waals surface area contributed by atoms with E-state index in [2.05, 4.69) is 10.6 Å². The van der Waals surface area contributed by atoms with Gasteiger partial charge in [-0.2, -0.15) is 0 Å². The molecule has 22 heavy (non-hydrogen) atoms. The molecule has 0 aromatic heterocycles. The number of nitrogens with zero attached hydrogens (tertiary/aromatic N) is 1. The van der Waals surface area contributed by atoms with Crippen LogP contribution in [0.5, 0.6) is 0 Å². The van der Waals surface area contributed by atoms with Crippen molar-refractivity contribution in [3.8, 4) is 0 Å². The van der Waals surface area contributed by atoms with E-state index in [1.165, 1.54) is 12.1 Å². The van der Waals surface area contributed by atoms with Gasteiger partial charge in [-0.05, 0) is 31.5 Å². The van der Waals surface area contributed by atoms with Crippen LogP contribution in [0.4, 0.5) is 9.18 Å². The zero-order valence-corrected chi connectivity index (χ0v) is 13.6. The highest BCUT2D eigenvalue weighted by Crippen LogP contribution is 2.28. The van der Waals surface area contributed by atoms with Gasteiger partial charge in [0.05, 0.1) is 11.1 Å². The first-order valence-corrected chi connectivity index (χ1v) is 7.56. The summed E-state index contributed by atoms with van der Waals surface area (Å²) in [5.41, 5.74) is 0.495. The van der Waals surface area contributed by atoms with E-state index in [-0.39, 0.29) is 17.0 Å². The second-order valence-corrected chi connectivity index (χ2v) is 5.93. The van der Waals surface area contributed by atoms with Crippen molar-refractivity contribution >= 4 is 35.1 Å². The van der Waals surface area contributed by atoms with Crippen molar-refractivity contribution in [1.29, 1.82) is 0 Å². The van der Waals surface area contributed by atoms with Crippen molar-refractivity contribution in [3.63, 3.8) is 0 Å². The van der Waals surface area contributed by atoms with Gasteiger partial charge in [0.25, 0.3) is 0 Å².